The Hall–Kier alpha value is -0.450. The largest absolute Gasteiger partial charge is 0.375 e. The minimum absolute atomic E-state index is 0.0499. The topological polar surface area (TPSA) is 34.2 Å². The zero-order valence-corrected chi connectivity index (χ0v) is 13.6. The number of aryl methyl sites for hydroxylation is 2. The minimum Gasteiger partial charge on any atom is -0.375 e. The van der Waals surface area contributed by atoms with E-state index in [1.807, 2.05) is 11.3 Å². The highest BCUT2D eigenvalue weighted by atomic mass is 32.1. The fourth-order valence-electron chi connectivity index (χ4n) is 2.90. The average molecular weight is 282 g/mol. The van der Waals surface area contributed by atoms with Gasteiger partial charge in [0.05, 0.1) is 16.3 Å². The Kier molecular flexibility index (Phi) is 4.64. The molecule has 1 aromatic rings. The molecule has 0 saturated carbocycles. The second-order valence-electron chi connectivity index (χ2n) is 5.91. The van der Waals surface area contributed by atoms with Crippen LogP contribution in [0.3, 0.4) is 0 Å². The van der Waals surface area contributed by atoms with E-state index in [0.717, 1.165) is 30.9 Å². The molecule has 3 atom stereocenters. The van der Waals surface area contributed by atoms with Crippen LogP contribution in [-0.2, 0) is 4.74 Å². The summed E-state index contributed by atoms with van der Waals surface area (Å²) < 4.78 is 5.91. The van der Waals surface area contributed by atoms with Crippen LogP contribution in [0.25, 0.3) is 0 Å². The van der Waals surface area contributed by atoms with Crippen molar-refractivity contribution in [2.45, 2.75) is 71.6 Å². The van der Waals surface area contributed by atoms with Crippen LogP contribution in [0.15, 0.2) is 0 Å². The summed E-state index contributed by atoms with van der Waals surface area (Å²) in [5, 5.41) is 4.93. The quantitative estimate of drug-likeness (QED) is 0.913. The van der Waals surface area contributed by atoms with E-state index in [-0.39, 0.29) is 5.60 Å². The summed E-state index contributed by atoms with van der Waals surface area (Å²) in [4.78, 5) is 5.90. The van der Waals surface area contributed by atoms with Crippen LogP contribution in [0.1, 0.15) is 61.7 Å². The van der Waals surface area contributed by atoms with Crippen LogP contribution >= 0.6 is 11.3 Å². The van der Waals surface area contributed by atoms with Crippen molar-refractivity contribution in [1.29, 1.82) is 0 Å². The summed E-state index contributed by atoms with van der Waals surface area (Å²) in [6, 6.07) is 0.936. The number of hydrogen-bond donors (Lipinski definition) is 1. The van der Waals surface area contributed by atoms with Gasteiger partial charge in [-0.15, -0.1) is 11.3 Å². The Balaban J connectivity index is 1.99. The molecule has 1 N–H and O–H groups in total. The van der Waals surface area contributed by atoms with Crippen molar-refractivity contribution in [1.82, 2.24) is 10.3 Å². The molecule has 0 radical (unpaired) electrons. The third-order valence-electron chi connectivity index (χ3n) is 4.16. The minimum atomic E-state index is 0.0499. The molecule has 0 aliphatic carbocycles. The predicted octanol–water partition coefficient (Wildman–Crippen LogP) is 3.76. The summed E-state index contributed by atoms with van der Waals surface area (Å²) >= 11 is 1.81. The molecule has 0 amide bonds. The smallest absolute Gasteiger partial charge is 0.0900 e. The lowest BCUT2D eigenvalue weighted by atomic mass is 9.89. The van der Waals surface area contributed by atoms with Crippen molar-refractivity contribution in [3.05, 3.63) is 15.6 Å². The standard InChI is InChI=1S/C15H26N2OS/c1-6-15(5)9-13(7-8-18-15)17-11(3)14-10(2)16-12(4)19-14/h11,13,17H,6-9H2,1-5H3. The molecule has 1 fully saturated rings. The fraction of sp³-hybridized carbons (Fsp3) is 0.800. The Morgan fingerprint density at radius 3 is 2.84 bits per heavy atom. The van der Waals surface area contributed by atoms with E-state index in [4.69, 9.17) is 4.74 Å². The van der Waals surface area contributed by atoms with Gasteiger partial charge in [0.15, 0.2) is 0 Å². The number of ether oxygens (including phenoxy) is 1. The first-order valence-electron chi connectivity index (χ1n) is 7.27. The second-order valence-corrected chi connectivity index (χ2v) is 7.15. The first-order valence-corrected chi connectivity index (χ1v) is 8.09. The van der Waals surface area contributed by atoms with Gasteiger partial charge in [-0.05, 0) is 47.0 Å². The third-order valence-corrected chi connectivity index (χ3v) is 5.42. The Morgan fingerprint density at radius 1 is 1.53 bits per heavy atom. The van der Waals surface area contributed by atoms with Gasteiger partial charge < -0.3 is 10.1 Å². The summed E-state index contributed by atoms with van der Waals surface area (Å²) in [6.45, 7) is 11.7. The zero-order valence-electron chi connectivity index (χ0n) is 12.7. The highest BCUT2D eigenvalue weighted by Gasteiger charge is 2.32. The van der Waals surface area contributed by atoms with Crippen LogP contribution in [0.4, 0.5) is 0 Å². The van der Waals surface area contributed by atoms with Crippen LogP contribution in [0.5, 0.6) is 0 Å². The van der Waals surface area contributed by atoms with E-state index in [9.17, 15) is 0 Å². The van der Waals surface area contributed by atoms with Crippen molar-refractivity contribution < 1.29 is 4.74 Å². The lowest BCUT2D eigenvalue weighted by Gasteiger charge is -2.39. The van der Waals surface area contributed by atoms with Gasteiger partial charge in [0.25, 0.3) is 0 Å². The zero-order chi connectivity index (χ0) is 14.0. The molecular weight excluding hydrogens is 256 g/mol. The first-order chi connectivity index (χ1) is 8.93. The van der Waals surface area contributed by atoms with E-state index in [0.29, 0.717) is 12.1 Å². The van der Waals surface area contributed by atoms with Crippen molar-refractivity contribution in [2.24, 2.45) is 0 Å². The molecule has 2 rings (SSSR count). The van der Waals surface area contributed by atoms with Crippen molar-refractivity contribution >= 4 is 11.3 Å². The molecule has 1 aromatic heterocycles. The third kappa shape index (κ3) is 3.56. The Labute approximate surface area is 120 Å². The van der Waals surface area contributed by atoms with Gasteiger partial charge >= 0.3 is 0 Å². The average Bonchev–Trinajstić information content (AvgIpc) is 2.69. The van der Waals surface area contributed by atoms with Crippen LogP contribution in [0.2, 0.25) is 0 Å². The summed E-state index contributed by atoms with van der Waals surface area (Å²) in [5.74, 6) is 0. The molecule has 3 nitrogen and oxygen atoms in total. The van der Waals surface area contributed by atoms with Crippen molar-refractivity contribution in [3.8, 4) is 0 Å². The second kappa shape index (κ2) is 5.90. The lowest BCUT2D eigenvalue weighted by Crippen LogP contribution is -2.45. The number of rotatable bonds is 4. The molecule has 108 valence electrons. The van der Waals surface area contributed by atoms with Gasteiger partial charge in [-0.25, -0.2) is 4.98 Å². The first kappa shape index (κ1) is 14.9. The molecule has 1 saturated heterocycles. The van der Waals surface area contributed by atoms with Crippen molar-refractivity contribution in [3.63, 3.8) is 0 Å². The molecule has 1 aliphatic heterocycles. The maximum absolute atomic E-state index is 5.91. The number of aromatic nitrogens is 1. The summed E-state index contributed by atoms with van der Waals surface area (Å²) in [5.41, 5.74) is 1.22. The lowest BCUT2D eigenvalue weighted by molar-refractivity contribution is -0.0789. The van der Waals surface area contributed by atoms with Gasteiger partial charge in [-0.2, -0.15) is 0 Å². The highest BCUT2D eigenvalue weighted by Crippen LogP contribution is 2.30. The van der Waals surface area contributed by atoms with Crippen LogP contribution in [0, 0.1) is 13.8 Å². The van der Waals surface area contributed by atoms with Gasteiger partial charge in [0.1, 0.15) is 0 Å². The number of thiazole rings is 1. The molecule has 3 unspecified atom stereocenters. The van der Waals surface area contributed by atoms with Gasteiger partial charge in [0.2, 0.25) is 0 Å². The molecule has 0 aromatic carbocycles. The van der Waals surface area contributed by atoms with Crippen molar-refractivity contribution in [2.75, 3.05) is 6.61 Å². The molecular formula is C15H26N2OS. The molecule has 0 spiro atoms. The number of nitrogens with one attached hydrogen (secondary N) is 1. The number of nitrogens with zero attached hydrogens (tertiary/aromatic N) is 1. The fourth-order valence-corrected chi connectivity index (χ4v) is 3.84. The molecule has 2 heterocycles. The monoisotopic (exact) mass is 282 g/mol. The summed E-state index contributed by atoms with van der Waals surface area (Å²) in [7, 11) is 0. The maximum atomic E-state index is 5.91. The molecule has 0 bridgehead atoms. The molecule has 1 aliphatic rings. The highest BCUT2D eigenvalue weighted by molar-refractivity contribution is 7.11. The van der Waals surface area contributed by atoms with E-state index in [2.05, 4.69) is 44.9 Å². The van der Waals surface area contributed by atoms with E-state index in [1.54, 1.807) is 0 Å². The Morgan fingerprint density at radius 2 is 2.26 bits per heavy atom. The molecule has 19 heavy (non-hydrogen) atoms. The molecule has 4 heteroatoms. The Bertz CT molecular complexity index is 432. The van der Waals surface area contributed by atoms with Crippen LogP contribution in [-0.4, -0.2) is 23.2 Å². The van der Waals surface area contributed by atoms with E-state index in [1.165, 1.54) is 10.6 Å². The van der Waals surface area contributed by atoms with Crippen LogP contribution < -0.4 is 5.32 Å². The van der Waals surface area contributed by atoms with Gasteiger partial charge in [-0.1, -0.05) is 6.92 Å². The van der Waals surface area contributed by atoms with Gasteiger partial charge in [0, 0.05) is 23.6 Å². The maximum Gasteiger partial charge on any atom is 0.0900 e. The predicted molar refractivity (Wildman–Crippen MR) is 80.8 cm³/mol. The van der Waals surface area contributed by atoms with E-state index < -0.39 is 0 Å². The van der Waals surface area contributed by atoms with Gasteiger partial charge in [-0.3, -0.25) is 0 Å². The van der Waals surface area contributed by atoms with E-state index >= 15 is 0 Å². The summed E-state index contributed by atoms with van der Waals surface area (Å²) in [6.07, 6.45) is 3.29. The number of hydrogen-bond acceptors (Lipinski definition) is 4. The normalized spacial score (nSPS) is 29.4. The SMILES string of the molecule is CCC1(C)CC(NC(C)c2sc(C)nc2C)CCO1.